The summed E-state index contributed by atoms with van der Waals surface area (Å²) in [6.45, 7) is 4.01. The zero-order chi connectivity index (χ0) is 15.3. The summed E-state index contributed by atoms with van der Waals surface area (Å²) >= 11 is 0. The lowest BCUT2D eigenvalue weighted by molar-refractivity contribution is 0.0313. The molecule has 0 fully saturated rings. The number of rotatable bonds is 6. The maximum Gasteiger partial charge on any atom is 0.270 e. The van der Waals surface area contributed by atoms with Gasteiger partial charge in [0.15, 0.2) is 0 Å². The molecule has 2 aromatic heterocycles. The molecular formula is C15H20N4O2. The van der Waals surface area contributed by atoms with Crippen molar-refractivity contribution in [2.45, 2.75) is 32.3 Å². The third-order valence-electron chi connectivity index (χ3n) is 3.63. The Kier molecular flexibility index (Phi) is 4.70. The molecule has 0 spiro atoms. The van der Waals surface area contributed by atoms with E-state index in [2.05, 4.69) is 15.3 Å². The molecule has 2 heterocycles. The van der Waals surface area contributed by atoms with Crippen LogP contribution in [-0.2, 0) is 0 Å². The summed E-state index contributed by atoms with van der Waals surface area (Å²) in [5.74, 6) is 0.332. The Morgan fingerprint density at radius 1 is 1.38 bits per heavy atom. The highest BCUT2D eigenvalue weighted by Crippen LogP contribution is 2.13. The van der Waals surface area contributed by atoms with E-state index in [9.17, 15) is 9.90 Å². The number of aromatic nitrogens is 3. The summed E-state index contributed by atoms with van der Waals surface area (Å²) in [7, 11) is 0. The summed E-state index contributed by atoms with van der Waals surface area (Å²) in [5.41, 5.74) is -0.548. The second-order valence-corrected chi connectivity index (χ2v) is 4.97. The van der Waals surface area contributed by atoms with Crippen LogP contribution in [0.15, 0.2) is 36.9 Å². The first kappa shape index (κ1) is 15.2. The van der Waals surface area contributed by atoms with Gasteiger partial charge >= 0.3 is 0 Å². The smallest absolute Gasteiger partial charge is 0.270 e. The molecule has 0 radical (unpaired) electrons. The van der Waals surface area contributed by atoms with E-state index >= 15 is 0 Å². The summed E-state index contributed by atoms with van der Waals surface area (Å²) in [6, 6.07) is 5.21. The van der Waals surface area contributed by atoms with Gasteiger partial charge in [-0.15, -0.1) is 0 Å². The van der Waals surface area contributed by atoms with Crippen molar-refractivity contribution in [2.24, 2.45) is 0 Å². The minimum Gasteiger partial charge on any atom is -0.388 e. The SMILES string of the molecule is CCC(O)(CC)CNC(=O)c1cccc(-n2ccnc2)n1. The van der Waals surface area contributed by atoms with Gasteiger partial charge in [-0.1, -0.05) is 19.9 Å². The fourth-order valence-corrected chi connectivity index (χ4v) is 1.92. The molecule has 0 bridgehead atoms. The van der Waals surface area contributed by atoms with Crippen LogP contribution in [0.1, 0.15) is 37.2 Å². The van der Waals surface area contributed by atoms with E-state index in [0.717, 1.165) is 0 Å². The van der Waals surface area contributed by atoms with E-state index < -0.39 is 5.60 Å². The number of aliphatic hydroxyl groups is 1. The van der Waals surface area contributed by atoms with E-state index in [-0.39, 0.29) is 12.5 Å². The fraction of sp³-hybridized carbons (Fsp3) is 0.400. The number of carbonyl (C=O) groups is 1. The number of imidazole rings is 1. The van der Waals surface area contributed by atoms with Gasteiger partial charge in [0.25, 0.3) is 5.91 Å². The van der Waals surface area contributed by atoms with Crippen LogP contribution >= 0.6 is 0 Å². The van der Waals surface area contributed by atoms with E-state index in [0.29, 0.717) is 24.4 Å². The first-order valence-electron chi connectivity index (χ1n) is 7.04. The van der Waals surface area contributed by atoms with Gasteiger partial charge in [0.1, 0.15) is 17.8 Å². The molecule has 0 aromatic carbocycles. The molecule has 0 saturated heterocycles. The topological polar surface area (TPSA) is 80.0 Å². The first-order chi connectivity index (χ1) is 10.1. The molecule has 6 nitrogen and oxygen atoms in total. The Hall–Kier alpha value is -2.21. The average Bonchev–Trinajstić information content (AvgIpc) is 3.07. The summed E-state index contributed by atoms with van der Waals surface area (Å²) in [4.78, 5) is 20.4. The Morgan fingerprint density at radius 3 is 2.76 bits per heavy atom. The monoisotopic (exact) mass is 288 g/mol. The number of nitrogens with zero attached hydrogens (tertiary/aromatic N) is 3. The van der Waals surface area contributed by atoms with Crippen LogP contribution in [0, 0.1) is 0 Å². The zero-order valence-corrected chi connectivity index (χ0v) is 12.3. The number of amides is 1. The van der Waals surface area contributed by atoms with E-state index in [1.165, 1.54) is 0 Å². The molecule has 0 atom stereocenters. The molecule has 0 aliphatic rings. The number of nitrogens with one attached hydrogen (secondary N) is 1. The van der Waals surface area contributed by atoms with Crippen LogP contribution in [0.4, 0.5) is 0 Å². The molecule has 6 heteroatoms. The van der Waals surface area contributed by atoms with Crippen LogP contribution in [-0.4, -0.2) is 37.7 Å². The van der Waals surface area contributed by atoms with Crippen molar-refractivity contribution >= 4 is 5.91 Å². The minimum absolute atomic E-state index is 0.218. The molecule has 1 amide bonds. The Bertz CT molecular complexity index is 591. The molecule has 0 aliphatic carbocycles. The third-order valence-corrected chi connectivity index (χ3v) is 3.63. The van der Waals surface area contributed by atoms with Gasteiger partial charge in [-0.2, -0.15) is 0 Å². The Labute approximate surface area is 123 Å². The van der Waals surface area contributed by atoms with Crippen molar-refractivity contribution in [3.8, 4) is 5.82 Å². The first-order valence-corrected chi connectivity index (χ1v) is 7.04. The van der Waals surface area contributed by atoms with Gasteiger partial charge in [0, 0.05) is 18.9 Å². The lowest BCUT2D eigenvalue weighted by Crippen LogP contribution is -2.42. The fourth-order valence-electron chi connectivity index (χ4n) is 1.92. The zero-order valence-electron chi connectivity index (χ0n) is 12.3. The van der Waals surface area contributed by atoms with E-state index in [1.807, 2.05) is 13.8 Å². The van der Waals surface area contributed by atoms with Crippen LogP contribution < -0.4 is 5.32 Å². The van der Waals surface area contributed by atoms with Gasteiger partial charge in [0.05, 0.1) is 5.60 Å². The van der Waals surface area contributed by atoms with E-state index in [4.69, 9.17) is 0 Å². The lowest BCUT2D eigenvalue weighted by Gasteiger charge is -2.25. The molecular weight excluding hydrogens is 268 g/mol. The van der Waals surface area contributed by atoms with Crippen molar-refractivity contribution in [1.82, 2.24) is 19.9 Å². The number of hydrogen-bond acceptors (Lipinski definition) is 4. The Morgan fingerprint density at radius 2 is 2.14 bits per heavy atom. The van der Waals surface area contributed by atoms with Crippen LogP contribution in [0.5, 0.6) is 0 Å². The van der Waals surface area contributed by atoms with Crippen molar-refractivity contribution in [3.63, 3.8) is 0 Å². The molecule has 21 heavy (non-hydrogen) atoms. The van der Waals surface area contributed by atoms with Gasteiger partial charge in [-0.3, -0.25) is 9.36 Å². The minimum atomic E-state index is -0.863. The number of carbonyl (C=O) groups excluding carboxylic acids is 1. The maximum atomic E-state index is 12.1. The second kappa shape index (κ2) is 6.49. The molecule has 2 N–H and O–H groups in total. The van der Waals surface area contributed by atoms with E-state index in [1.54, 1.807) is 41.5 Å². The van der Waals surface area contributed by atoms with Crippen molar-refractivity contribution < 1.29 is 9.90 Å². The van der Waals surface area contributed by atoms with Crippen LogP contribution in [0.3, 0.4) is 0 Å². The van der Waals surface area contributed by atoms with Gasteiger partial charge in [-0.25, -0.2) is 9.97 Å². The predicted molar refractivity (Wildman–Crippen MR) is 79.2 cm³/mol. The van der Waals surface area contributed by atoms with Crippen LogP contribution in [0.25, 0.3) is 5.82 Å². The van der Waals surface area contributed by atoms with Gasteiger partial charge < -0.3 is 10.4 Å². The number of hydrogen-bond donors (Lipinski definition) is 2. The standard InChI is InChI=1S/C15H20N4O2/c1-3-15(21,4-2)10-17-14(20)12-6-5-7-13(18-12)19-9-8-16-11-19/h5-9,11,21H,3-4,10H2,1-2H3,(H,17,20). The quantitative estimate of drug-likeness (QED) is 0.845. The largest absolute Gasteiger partial charge is 0.388 e. The maximum absolute atomic E-state index is 12.1. The van der Waals surface area contributed by atoms with Gasteiger partial charge in [0.2, 0.25) is 0 Å². The molecule has 0 saturated carbocycles. The molecule has 2 rings (SSSR count). The second-order valence-electron chi connectivity index (χ2n) is 4.97. The van der Waals surface area contributed by atoms with Crippen molar-refractivity contribution in [2.75, 3.05) is 6.54 Å². The summed E-state index contributed by atoms with van der Waals surface area (Å²) < 4.78 is 1.73. The molecule has 112 valence electrons. The molecule has 0 aliphatic heterocycles. The normalized spacial score (nSPS) is 11.4. The number of pyridine rings is 1. The van der Waals surface area contributed by atoms with Crippen molar-refractivity contribution in [3.05, 3.63) is 42.6 Å². The predicted octanol–water partition coefficient (Wildman–Crippen LogP) is 1.55. The highest BCUT2D eigenvalue weighted by atomic mass is 16.3. The lowest BCUT2D eigenvalue weighted by atomic mass is 9.97. The highest BCUT2D eigenvalue weighted by Gasteiger charge is 2.23. The third kappa shape index (κ3) is 3.66. The van der Waals surface area contributed by atoms with Gasteiger partial charge in [-0.05, 0) is 25.0 Å². The van der Waals surface area contributed by atoms with Crippen LogP contribution in [0.2, 0.25) is 0 Å². The summed E-state index contributed by atoms with van der Waals surface area (Å²) in [5, 5.41) is 12.9. The molecule has 0 unspecified atom stereocenters. The molecule has 2 aromatic rings. The van der Waals surface area contributed by atoms with Crippen molar-refractivity contribution in [1.29, 1.82) is 0 Å². The average molecular weight is 288 g/mol. The Balaban J connectivity index is 2.08. The summed E-state index contributed by atoms with van der Waals surface area (Å²) in [6.07, 6.45) is 6.21. The highest BCUT2D eigenvalue weighted by molar-refractivity contribution is 5.92.